The van der Waals surface area contributed by atoms with Gasteiger partial charge in [-0.25, -0.2) is 5.84 Å². The number of hydrogen-bond acceptors (Lipinski definition) is 5. The Bertz CT molecular complexity index is 507. The molecule has 2 aromatic heterocycles. The van der Waals surface area contributed by atoms with Crippen LogP contribution in [-0.4, -0.2) is 17.9 Å². The monoisotopic (exact) mass is 281 g/mol. The Morgan fingerprint density at radius 1 is 1.33 bits per heavy atom. The van der Waals surface area contributed by atoms with Crippen LogP contribution in [0.3, 0.4) is 0 Å². The molecule has 0 saturated heterocycles. The molecule has 2 aromatic rings. The first kappa shape index (κ1) is 13.2. The van der Waals surface area contributed by atoms with Crippen LogP contribution in [-0.2, 0) is 13.1 Å². The van der Waals surface area contributed by atoms with Crippen molar-refractivity contribution in [3.8, 4) is 0 Å². The first-order valence-corrected chi connectivity index (χ1v) is 7.25. The zero-order chi connectivity index (χ0) is 13.0. The molecule has 4 nitrogen and oxygen atoms in total. The van der Waals surface area contributed by atoms with Gasteiger partial charge in [0.25, 0.3) is 5.91 Å². The molecule has 1 amide bonds. The second-order valence-electron chi connectivity index (χ2n) is 4.00. The molecule has 96 valence electrons. The zero-order valence-electron chi connectivity index (χ0n) is 10.1. The number of amides is 1. The van der Waals surface area contributed by atoms with E-state index in [0.717, 1.165) is 18.7 Å². The molecule has 2 heterocycles. The number of nitrogens with two attached hydrogens (primary N) is 1. The van der Waals surface area contributed by atoms with Crippen molar-refractivity contribution in [3.63, 3.8) is 0 Å². The number of nitrogens with one attached hydrogen (secondary N) is 1. The lowest BCUT2D eigenvalue weighted by Crippen LogP contribution is -2.30. The lowest BCUT2D eigenvalue weighted by molar-refractivity contribution is 0.0956. The minimum Gasteiger partial charge on any atom is -0.297 e. The molecule has 0 saturated carbocycles. The second kappa shape index (κ2) is 6.10. The fourth-order valence-corrected chi connectivity index (χ4v) is 3.34. The molecule has 0 fully saturated rings. The lowest BCUT2D eigenvalue weighted by Gasteiger charge is -2.15. The minimum absolute atomic E-state index is 0.218. The van der Waals surface area contributed by atoms with Crippen molar-refractivity contribution < 1.29 is 4.79 Å². The first-order valence-electron chi connectivity index (χ1n) is 5.49. The van der Waals surface area contributed by atoms with Gasteiger partial charge in [0.15, 0.2) is 0 Å². The van der Waals surface area contributed by atoms with Crippen molar-refractivity contribution in [1.29, 1.82) is 0 Å². The topological polar surface area (TPSA) is 58.4 Å². The van der Waals surface area contributed by atoms with Crippen molar-refractivity contribution in [2.75, 3.05) is 7.05 Å². The quantitative estimate of drug-likeness (QED) is 0.501. The molecule has 0 unspecified atom stereocenters. The molecule has 2 rings (SSSR count). The number of hydrazine groups is 1. The van der Waals surface area contributed by atoms with E-state index in [1.807, 2.05) is 24.6 Å². The van der Waals surface area contributed by atoms with Gasteiger partial charge in [-0.3, -0.25) is 15.1 Å². The Morgan fingerprint density at radius 3 is 2.83 bits per heavy atom. The maximum Gasteiger partial charge on any atom is 0.275 e. The van der Waals surface area contributed by atoms with Crippen LogP contribution in [0, 0.1) is 0 Å². The standard InChI is InChI=1S/C12H15N3OS2/c1-15(8-10-3-2-5-17-10)7-9-4-6-18-11(9)12(16)14-13/h2-6H,7-8,13H2,1H3,(H,14,16). The van der Waals surface area contributed by atoms with Crippen molar-refractivity contribution in [2.45, 2.75) is 13.1 Å². The number of rotatable bonds is 5. The van der Waals surface area contributed by atoms with Crippen LogP contribution < -0.4 is 11.3 Å². The average Bonchev–Trinajstić information content (AvgIpc) is 2.99. The summed E-state index contributed by atoms with van der Waals surface area (Å²) >= 11 is 3.16. The van der Waals surface area contributed by atoms with Gasteiger partial charge in [0.05, 0.1) is 4.88 Å². The van der Waals surface area contributed by atoms with Gasteiger partial charge in [-0.2, -0.15) is 0 Å². The molecule has 18 heavy (non-hydrogen) atoms. The fourth-order valence-electron chi connectivity index (χ4n) is 1.74. The third kappa shape index (κ3) is 3.17. The van der Waals surface area contributed by atoms with Gasteiger partial charge in [-0.15, -0.1) is 22.7 Å². The van der Waals surface area contributed by atoms with Crippen LogP contribution in [0.4, 0.5) is 0 Å². The van der Waals surface area contributed by atoms with Gasteiger partial charge >= 0.3 is 0 Å². The number of hydrogen-bond donors (Lipinski definition) is 2. The fraction of sp³-hybridized carbons (Fsp3) is 0.250. The van der Waals surface area contributed by atoms with E-state index in [1.165, 1.54) is 16.2 Å². The van der Waals surface area contributed by atoms with Gasteiger partial charge in [-0.1, -0.05) is 6.07 Å². The molecular weight excluding hydrogens is 266 g/mol. The number of thiophene rings is 2. The van der Waals surface area contributed by atoms with Crippen LogP contribution >= 0.6 is 22.7 Å². The molecular formula is C12H15N3OS2. The molecule has 0 aliphatic carbocycles. The molecule has 6 heteroatoms. The van der Waals surface area contributed by atoms with Gasteiger partial charge in [0.2, 0.25) is 0 Å². The predicted octanol–water partition coefficient (Wildman–Crippen LogP) is 2.05. The van der Waals surface area contributed by atoms with Crippen molar-refractivity contribution in [2.24, 2.45) is 5.84 Å². The van der Waals surface area contributed by atoms with Crippen LogP contribution in [0.25, 0.3) is 0 Å². The highest BCUT2D eigenvalue weighted by Gasteiger charge is 2.13. The smallest absolute Gasteiger partial charge is 0.275 e. The van der Waals surface area contributed by atoms with E-state index >= 15 is 0 Å². The Kier molecular flexibility index (Phi) is 4.48. The lowest BCUT2D eigenvalue weighted by atomic mass is 10.2. The van der Waals surface area contributed by atoms with E-state index in [-0.39, 0.29) is 5.91 Å². The summed E-state index contributed by atoms with van der Waals surface area (Å²) in [6.45, 7) is 1.63. The second-order valence-corrected chi connectivity index (χ2v) is 5.95. The Labute approximate surface area is 114 Å². The maximum absolute atomic E-state index is 11.6. The van der Waals surface area contributed by atoms with E-state index in [4.69, 9.17) is 5.84 Å². The van der Waals surface area contributed by atoms with Gasteiger partial charge in [-0.05, 0) is 35.5 Å². The number of nitrogens with zero attached hydrogens (tertiary/aromatic N) is 1. The van der Waals surface area contributed by atoms with Gasteiger partial charge in [0.1, 0.15) is 0 Å². The molecule has 0 bridgehead atoms. The molecule has 0 aliphatic rings. The van der Waals surface area contributed by atoms with E-state index in [0.29, 0.717) is 4.88 Å². The van der Waals surface area contributed by atoms with Crippen LogP contribution in [0.5, 0.6) is 0 Å². The van der Waals surface area contributed by atoms with Crippen LogP contribution in [0.1, 0.15) is 20.1 Å². The zero-order valence-corrected chi connectivity index (χ0v) is 11.7. The number of carbonyl (C=O) groups excluding carboxylic acids is 1. The summed E-state index contributed by atoms with van der Waals surface area (Å²) < 4.78 is 0. The summed E-state index contributed by atoms with van der Waals surface area (Å²) in [4.78, 5) is 15.7. The van der Waals surface area contributed by atoms with Crippen molar-refractivity contribution in [3.05, 3.63) is 44.3 Å². The van der Waals surface area contributed by atoms with Gasteiger partial charge < -0.3 is 0 Å². The molecule has 0 aliphatic heterocycles. The molecule has 3 N–H and O–H groups in total. The summed E-state index contributed by atoms with van der Waals surface area (Å²) in [7, 11) is 2.04. The molecule has 0 spiro atoms. The summed E-state index contributed by atoms with van der Waals surface area (Å²) in [5.74, 6) is 4.95. The summed E-state index contributed by atoms with van der Waals surface area (Å²) in [5, 5.41) is 3.99. The van der Waals surface area contributed by atoms with E-state index in [1.54, 1.807) is 11.3 Å². The highest BCUT2D eigenvalue weighted by molar-refractivity contribution is 7.12. The largest absolute Gasteiger partial charge is 0.297 e. The summed E-state index contributed by atoms with van der Waals surface area (Å²) in [6, 6.07) is 6.13. The van der Waals surface area contributed by atoms with Crippen LogP contribution in [0.2, 0.25) is 0 Å². The van der Waals surface area contributed by atoms with Crippen molar-refractivity contribution in [1.82, 2.24) is 10.3 Å². The third-order valence-electron chi connectivity index (χ3n) is 2.53. The normalized spacial score (nSPS) is 10.8. The van der Waals surface area contributed by atoms with E-state index in [2.05, 4.69) is 21.8 Å². The Morgan fingerprint density at radius 2 is 2.17 bits per heavy atom. The average molecular weight is 281 g/mol. The Balaban J connectivity index is 2.01. The number of carbonyl (C=O) groups is 1. The Hall–Kier alpha value is -1.21. The van der Waals surface area contributed by atoms with Crippen molar-refractivity contribution >= 4 is 28.6 Å². The third-order valence-corrected chi connectivity index (χ3v) is 4.35. The summed E-state index contributed by atoms with van der Waals surface area (Å²) in [6.07, 6.45) is 0. The molecule has 0 atom stereocenters. The number of nitrogen functional groups attached to an aromatic ring is 1. The predicted molar refractivity (Wildman–Crippen MR) is 75.5 cm³/mol. The van der Waals surface area contributed by atoms with E-state index in [9.17, 15) is 4.79 Å². The van der Waals surface area contributed by atoms with Crippen LogP contribution in [0.15, 0.2) is 29.0 Å². The van der Waals surface area contributed by atoms with Gasteiger partial charge in [0, 0.05) is 18.0 Å². The minimum atomic E-state index is -0.218. The molecule has 0 radical (unpaired) electrons. The summed E-state index contributed by atoms with van der Waals surface area (Å²) in [5.41, 5.74) is 3.20. The highest BCUT2D eigenvalue weighted by Crippen LogP contribution is 2.19. The maximum atomic E-state index is 11.6. The highest BCUT2D eigenvalue weighted by atomic mass is 32.1. The molecule has 0 aromatic carbocycles. The van der Waals surface area contributed by atoms with E-state index < -0.39 is 0 Å². The first-order chi connectivity index (χ1) is 8.70. The SMILES string of the molecule is CN(Cc1cccs1)Cc1ccsc1C(=O)NN.